The summed E-state index contributed by atoms with van der Waals surface area (Å²) in [5.74, 6) is -1.09. The Hall–Kier alpha value is -2.20. The molecule has 0 aliphatic heterocycles. The van der Waals surface area contributed by atoms with E-state index < -0.39 is 5.97 Å². The summed E-state index contributed by atoms with van der Waals surface area (Å²) in [6.45, 7) is 1.85. The fourth-order valence-corrected chi connectivity index (χ4v) is 2.15. The van der Waals surface area contributed by atoms with Crippen LogP contribution in [-0.4, -0.2) is 23.3 Å². The van der Waals surface area contributed by atoms with Crippen LogP contribution in [0.5, 0.6) is 11.5 Å². The van der Waals surface area contributed by atoms with E-state index in [1.165, 1.54) is 19.2 Å². The molecule has 0 heterocycles. The minimum atomic E-state index is -1.09. The Labute approximate surface area is 121 Å². The number of halogens is 1. The molecule has 0 radical (unpaired) electrons. The molecule has 0 spiro atoms. The van der Waals surface area contributed by atoms with E-state index in [0.29, 0.717) is 16.1 Å². The van der Waals surface area contributed by atoms with Crippen LogP contribution in [0.2, 0.25) is 5.02 Å². The number of aryl methyl sites for hydroxylation is 1. The molecule has 0 aliphatic rings. The van der Waals surface area contributed by atoms with Crippen LogP contribution in [0.4, 0.5) is 0 Å². The number of benzene rings is 2. The van der Waals surface area contributed by atoms with Crippen molar-refractivity contribution in [1.29, 1.82) is 0 Å². The van der Waals surface area contributed by atoms with Gasteiger partial charge in [0.1, 0.15) is 0 Å². The molecule has 0 aromatic heterocycles. The summed E-state index contributed by atoms with van der Waals surface area (Å²) in [5, 5.41) is 19.8. The number of hydrogen-bond donors (Lipinski definition) is 2. The van der Waals surface area contributed by atoms with Crippen molar-refractivity contribution in [3.63, 3.8) is 0 Å². The van der Waals surface area contributed by atoms with Crippen molar-refractivity contribution in [2.45, 2.75) is 6.92 Å². The molecule has 2 N–H and O–H groups in total. The highest BCUT2D eigenvalue weighted by molar-refractivity contribution is 6.30. The van der Waals surface area contributed by atoms with E-state index in [9.17, 15) is 9.90 Å². The molecule has 0 bridgehead atoms. The fraction of sp³-hybridized carbons (Fsp3) is 0.133. The Morgan fingerprint density at radius 3 is 2.50 bits per heavy atom. The van der Waals surface area contributed by atoms with Gasteiger partial charge >= 0.3 is 5.97 Å². The molecular weight excluding hydrogens is 280 g/mol. The molecule has 2 aromatic carbocycles. The van der Waals surface area contributed by atoms with E-state index >= 15 is 0 Å². The molecule has 0 fully saturated rings. The molecule has 20 heavy (non-hydrogen) atoms. The first-order valence-electron chi connectivity index (χ1n) is 5.85. The predicted octanol–water partition coefficient (Wildman–Crippen LogP) is 3.73. The van der Waals surface area contributed by atoms with Crippen molar-refractivity contribution in [3.8, 4) is 22.6 Å². The van der Waals surface area contributed by atoms with Crippen molar-refractivity contribution in [3.05, 3.63) is 46.5 Å². The maximum absolute atomic E-state index is 11.2. The third kappa shape index (κ3) is 2.56. The van der Waals surface area contributed by atoms with Gasteiger partial charge < -0.3 is 14.9 Å². The van der Waals surface area contributed by atoms with E-state index in [1.807, 2.05) is 6.92 Å². The number of phenolic OH excluding ortho intramolecular Hbond substituents is 1. The molecule has 0 saturated heterocycles. The van der Waals surface area contributed by atoms with Gasteiger partial charge in [0.15, 0.2) is 11.5 Å². The Morgan fingerprint density at radius 2 is 1.90 bits per heavy atom. The summed E-state index contributed by atoms with van der Waals surface area (Å²) < 4.78 is 5.02. The average Bonchev–Trinajstić information content (AvgIpc) is 2.41. The highest BCUT2D eigenvalue weighted by atomic mass is 35.5. The van der Waals surface area contributed by atoms with Crippen LogP contribution < -0.4 is 4.74 Å². The van der Waals surface area contributed by atoms with Gasteiger partial charge in [-0.2, -0.15) is 0 Å². The molecule has 0 unspecified atom stereocenters. The Bertz CT molecular complexity index is 680. The lowest BCUT2D eigenvalue weighted by Gasteiger charge is -2.13. The van der Waals surface area contributed by atoms with Gasteiger partial charge in [-0.1, -0.05) is 17.7 Å². The zero-order valence-corrected chi connectivity index (χ0v) is 11.7. The highest BCUT2D eigenvalue weighted by Gasteiger charge is 2.17. The summed E-state index contributed by atoms with van der Waals surface area (Å²) in [7, 11) is 1.37. The normalized spacial score (nSPS) is 10.3. The van der Waals surface area contributed by atoms with Gasteiger partial charge in [-0.25, -0.2) is 4.79 Å². The summed E-state index contributed by atoms with van der Waals surface area (Å²) in [4.78, 5) is 11.2. The molecule has 0 amide bonds. The summed E-state index contributed by atoms with van der Waals surface area (Å²) in [5.41, 5.74) is 1.95. The van der Waals surface area contributed by atoms with Gasteiger partial charge in [0.05, 0.1) is 12.7 Å². The lowest BCUT2D eigenvalue weighted by molar-refractivity contribution is 0.0696. The lowest BCUT2D eigenvalue weighted by atomic mass is 9.97. The zero-order valence-electron chi connectivity index (χ0n) is 11.0. The van der Waals surface area contributed by atoms with Gasteiger partial charge in [-0.05, 0) is 42.3 Å². The Kier molecular flexibility index (Phi) is 3.86. The maximum atomic E-state index is 11.2. The number of rotatable bonds is 3. The second kappa shape index (κ2) is 5.43. The number of carboxylic acid groups (broad SMARTS) is 1. The zero-order chi connectivity index (χ0) is 14.9. The SMILES string of the molecule is COc1cc(C(=O)O)cc(-c2cc(Cl)ccc2C)c1O. The summed E-state index contributed by atoms with van der Waals surface area (Å²) in [6.07, 6.45) is 0. The van der Waals surface area contributed by atoms with Crippen LogP contribution in [0, 0.1) is 6.92 Å². The first-order valence-corrected chi connectivity index (χ1v) is 6.22. The van der Waals surface area contributed by atoms with Crippen LogP contribution in [0.1, 0.15) is 15.9 Å². The quantitative estimate of drug-likeness (QED) is 0.904. The van der Waals surface area contributed by atoms with Gasteiger partial charge in [0.2, 0.25) is 0 Å². The van der Waals surface area contributed by atoms with Gasteiger partial charge in [0, 0.05) is 10.6 Å². The number of ether oxygens (including phenoxy) is 1. The van der Waals surface area contributed by atoms with E-state index in [-0.39, 0.29) is 17.1 Å². The third-order valence-electron chi connectivity index (χ3n) is 3.03. The van der Waals surface area contributed by atoms with Crippen LogP contribution in [0.3, 0.4) is 0 Å². The molecule has 0 aliphatic carbocycles. The van der Waals surface area contributed by atoms with Crippen LogP contribution in [0.25, 0.3) is 11.1 Å². The number of aromatic carboxylic acids is 1. The minimum absolute atomic E-state index is 0.0361. The number of hydrogen-bond acceptors (Lipinski definition) is 3. The first-order chi connectivity index (χ1) is 9.43. The number of phenols is 1. The molecule has 4 nitrogen and oxygen atoms in total. The van der Waals surface area contributed by atoms with Crippen molar-refractivity contribution < 1.29 is 19.7 Å². The second-order valence-electron chi connectivity index (χ2n) is 4.34. The topological polar surface area (TPSA) is 66.8 Å². The Morgan fingerprint density at radius 1 is 1.20 bits per heavy atom. The monoisotopic (exact) mass is 292 g/mol. The second-order valence-corrected chi connectivity index (χ2v) is 4.78. The molecule has 0 atom stereocenters. The fourth-order valence-electron chi connectivity index (χ4n) is 1.98. The summed E-state index contributed by atoms with van der Waals surface area (Å²) >= 11 is 5.97. The number of methoxy groups -OCH3 is 1. The van der Waals surface area contributed by atoms with E-state index in [0.717, 1.165) is 5.56 Å². The van der Waals surface area contributed by atoms with Crippen molar-refractivity contribution in [2.75, 3.05) is 7.11 Å². The predicted molar refractivity (Wildman–Crippen MR) is 76.8 cm³/mol. The van der Waals surface area contributed by atoms with Gasteiger partial charge in [-0.3, -0.25) is 0 Å². The van der Waals surface area contributed by atoms with E-state index in [2.05, 4.69) is 0 Å². The Balaban J connectivity index is 2.75. The lowest BCUT2D eigenvalue weighted by Crippen LogP contribution is -1.99. The summed E-state index contributed by atoms with van der Waals surface area (Å²) in [6, 6.07) is 7.89. The molecule has 5 heteroatoms. The van der Waals surface area contributed by atoms with Gasteiger partial charge in [0.25, 0.3) is 0 Å². The first kappa shape index (κ1) is 14.2. The molecule has 0 saturated carbocycles. The van der Waals surface area contributed by atoms with Crippen LogP contribution >= 0.6 is 11.6 Å². The van der Waals surface area contributed by atoms with Crippen LogP contribution in [0.15, 0.2) is 30.3 Å². The van der Waals surface area contributed by atoms with Crippen LogP contribution in [-0.2, 0) is 0 Å². The van der Waals surface area contributed by atoms with E-state index in [4.69, 9.17) is 21.4 Å². The number of carbonyl (C=O) groups is 1. The van der Waals surface area contributed by atoms with Gasteiger partial charge in [-0.15, -0.1) is 0 Å². The molecule has 2 aromatic rings. The molecule has 2 rings (SSSR count). The highest BCUT2D eigenvalue weighted by Crippen LogP contribution is 2.40. The molecular formula is C15H13ClO4. The molecule has 104 valence electrons. The maximum Gasteiger partial charge on any atom is 0.335 e. The van der Waals surface area contributed by atoms with Crippen molar-refractivity contribution in [2.24, 2.45) is 0 Å². The smallest absolute Gasteiger partial charge is 0.335 e. The van der Waals surface area contributed by atoms with E-state index in [1.54, 1.807) is 18.2 Å². The average molecular weight is 293 g/mol. The third-order valence-corrected chi connectivity index (χ3v) is 3.27. The standard InChI is InChI=1S/C15H13ClO4/c1-8-3-4-10(16)7-11(8)12-5-9(15(18)19)6-13(20-2)14(12)17/h3-7,17H,1-2H3,(H,18,19). The minimum Gasteiger partial charge on any atom is -0.504 e. The van der Waals surface area contributed by atoms with Crippen molar-refractivity contribution >= 4 is 17.6 Å². The van der Waals surface area contributed by atoms with Crippen molar-refractivity contribution in [1.82, 2.24) is 0 Å². The largest absolute Gasteiger partial charge is 0.504 e. The number of carboxylic acids is 1. The number of aromatic hydroxyl groups is 1.